The van der Waals surface area contributed by atoms with Crippen LogP contribution in [-0.2, 0) is 0 Å². The summed E-state index contributed by atoms with van der Waals surface area (Å²) < 4.78 is 2.16. The summed E-state index contributed by atoms with van der Waals surface area (Å²) >= 11 is 3.14. The molecule has 0 N–H and O–H groups in total. The van der Waals surface area contributed by atoms with Crippen LogP contribution in [-0.4, -0.2) is 19.6 Å². The van der Waals surface area contributed by atoms with Crippen molar-refractivity contribution in [2.45, 2.75) is 0 Å². The molecule has 0 bridgehead atoms. The number of nitrogens with zero attached hydrogens (tertiary/aromatic N) is 4. The third kappa shape index (κ3) is 0.786. The van der Waals surface area contributed by atoms with Gasteiger partial charge in [0.15, 0.2) is 0 Å². The first-order valence-corrected chi connectivity index (χ1v) is 3.48. The number of hydrogen-bond acceptors (Lipinski definition) is 3. The smallest absolute Gasteiger partial charge is 0.220 e. The summed E-state index contributed by atoms with van der Waals surface area (Å²) in [7, 11) is 0. The van der Waals surface area contributed by atoms with Gasteiger partial charge in [-0.2, -0.15) is 4.98 Å². The van der Waals surface area contributed by atoms with Crippen molar-refractivity contribution in [2.75, 3.05) is 0 Å². The Morgan fingerprint density at radius 1 is 1.50 bits per heavy atom. The fourth-order valence-electron chi connectivity index (χ4n) is 0.707. The van der Waals surface area contributed by atoms with Gasteiger partial charge in [-0.1, -0.05) is 0 Å². The van der Waals surface area contributed by atoms with E-state index in [4.69, 9.17) is 0 Å². The highest BCUT2D eigenvalue weighted by atomic mass is 79.9. The van der Waals surface area contributed by atoms with Gasteiger partial charge in [-0.05, 0) is 22.0 Å². The van der Waals surface area contributed by atoms with E-state index >= 15 is 0 Å². The molecule has 0 aromatic carbocycles. The minimum Gasteiger partial charge on any atom is -0.220 e. The molecule has 0 aliphatic heterocycles. The van der Waals surface area contributed by atoms with E-state index in [-0.39, 0.29) is 0 Å². The number of halogens is 1. The SMILES string of the molecule is Brc1nc2ncccn2n1. The molecule has 0 saturated carbocycles. The van der Waals surface area contributed by atoms with Gasteiger partial charge in [0, 0.05) is 12.4 Å². The number of hydrogen-bond donors (Lipinski definition) is 0. The van der Waals surface area contributed by atoms with Crippen LogP contribution < -0.4 is 0 Å². The monoisotopic (exact) mass is 198 g/mol. The zero-order chi connectivity index (χ0) is 6.97. The zero-order valence-corrected chi connectivity index (χ0v) is 6.48. The number of rotatable bonds is 0. The summed E-state index contributed by atoms with van der Waals surface area (Å²) in [4.78, 5) is 7.93. The van der Waals surface area contributed by atoms with Gasteiger partial charge in [0.2, 0.25) is 4.73 Å². The van der Waals surface area contributed by atoms with Crippen molar-refractivity contribution >= 4 is 21.7 Å². The fraction of sp³-hybridized carbons (Fsp3) is 0. The Balaban J connectivity index is 2.88. The summed E-state index contributed by atoms with van der Waals surface area (Å²) in [6, 6.07) is 1.80. The zero-order valence-electron chi connectivity index (χ0n) is 4.90. The summed E-state index contributed by atoms with van der Waals surface area (Å²) in [6.45, 7) is 0. The van der Waals surface area contributed by atoms with E-state index in [1.165, 1.54) is 0 Å². The molecule has 0 radical (unpaired) electrons. The Hall–Kier alpha value is -0.970. The molecule has 10 heavy (non-hydrogen) atoms. The average molecular weight is 199 g/mol. The molecule has 0 amide bonds. The molecule has 2 rings (SSSR count). The second kappa shape index (κ2) is 2.02. The van der Waals surface area contributed by atoms with Crippen LogP contribution in [0.2, 0.25) is 0 Å². The minimum absolute atomic E-state index is 0.561. The van der Waals surface area contributed by atoms with Crippen molar-refractivity contribution < 1.29 is 0 Å². The summed E-state index contributed by atoms with van der Waals surface area (Å²) in [5, 5.41) is 3.97. The molecule has 2 aromatic rings. The second-order valence-electron chi connectivity index (χ2n) is 1.75. The van der Waals surface area contributed by atoms with Crippen LogP contribution in [0.3, 0.4) is 0 Å². The lowest BCUT2D eigenvalue weighted by atomic mass is 10.7. The molecule has 2 heterocycles. The van der Waals surface area contributed by atoms with Crippen molar-refractivity contribution in [3.05, 3.63) is 23.2 Å². The maximum atomic E-state index is 3.97. The Morgan fingerprint density at radius 2 is 2.40 bits per heavy atom. The van der Waals surface area contributed by atoms with Crippen LogP contribution in [0.5, 0.6) is 0 Å². The molecule has 0 aliphatic rings. The lowest BCUT2D eigenvalue weighted by Gasteiger charge is -1.83. The Morgan fingerprint density at radius 3 is 3.20 bits per heavy atom. The highest BCUT2D eigenvalue weighted by Crippen LogP contribution is 2.02. The van der Waals surface area contributed by atoms with E-state index in [9.17, 15) is 0 Å². The molecule has 4 nitrogen and oxygen atoms in total. The van der Waals surface area contributed by atoms with Crippen LogP contribution in [0.15, 0.2) is 23.2 Å². The van der Waals surface area contributed by atoms with Gasteiger partial charge < -0.3 is 0 Å². The van der Waals surface area contributed by atoms with Crippen molar-refractivity contribution in [1.29, 1.82) is 0 Å². The Bertz CT molecular complexity index is 322. The minimum atomic E-state index is 0.561. The first kappa shape index (κ1) is 5.79. The quantitative estimate of drug-likeness (QED) is 0.632. The lowest BCUT2D eigenvalue weighted by molar-refractivity contribution is 0.927. The molecule has 2 aromatic heterocycles. The predicted molar refractivity (Wildman–Crippen MR) is 38.5 cm³/mol. The van der Waals surface area contributed by atoms with Crippen molar-refractivity contribution in [3.8, 4) is 0 Å². The predicted octanol–water partition coefficient (Wildman–Crippen LogP) is 0.887. The van der Waals surface area contributed by atoms with E-state index in [1.54, 1.807) is 23.0 Å². The Labute approximate surface area is 65.0 Å². The van der Waals surface area contributed by atoms with Gasteiger partial charge in [0.1, 0.15) is 0 Å². The van der Waals surface area contributed by atoms with Crippen LogP contribution in [0.25, 0.3) is 5.78 Å². The molecular weight excluding hydrogens is 196 g/mol. The summed E-state index contributed by atoms with van der Waals surface area (Å²) in [5.41, 5.74) is 0. The maximum Gasteiger partial charge on any atom is 0.253 e. The van der Waals surface area contributed by atoms with Gasteiger partial charge in [-0.15, -0.1) is 5.10 Å². The van der Waals surface area contributed by atoms with E-state index in [0.717, 1.165) is 0 Å². The van der Waals surface area contributed by atoms with Crippen LogP contribution in [0, 0.1) is 0 Å². The molecular formula is C5H3BrN4. The van der Waals surface area contributed by atoms with Gasteiger partial charge in [-0.3, -0.25) is 0 Å². The topological polar surface area (TPSA) is 43.1 Å². The van der Waals surface area contributed by atoms with Gasteiger partial charge in [0.25, 0.3) is 5.78 Å². The largest absolute Gasteiger partial charge is 0.253 e. The van der Waals surface area contributed by atoms with Crippen molar-refractivity contribution in [3.63, 3.8) is 0 Å². The molecule has 5 heteroatoms. The highest BCUT2D eigenvalue weighted by molar-refractivity contribution is 9.10. The molecule has 50 valence electrons. The van der Waals surface area contributed by atoms with Gasteiger partial charge in [0.05, 0.1) is 0 Å². The first-order chi connectivity index (χ1) is 4.86. The van der Waals surface area contributed by atoms with E-state index < -0.39 is 0 Å². The van der Waals surface area contributed by atoms with Gasteiger partial charge >= 0.3 is 0 Å². The van der Waals surface area contributed by atoms with Gasteiger partial charge in [-0.25, -0.2) is 9.50 Å². The third-order valence-electron chi connectivity index (χ3n) is 1.09. The molecule has 0 saturated heterocycles. The fourth-order valence-corrected chi connectivity index (χ4v) is 1.04. The Kier molecular flexibility index (Phi) is 1.17. The second-order valence-corrected chi connectivity index (χ2v) is 2.45. The van der Waals surface area contributed by atoms with E-state index in [1.807, 2.05) is 0 Å². The summed E-state index contributed by atoms with van der Waals surface area (Å²) in [6.07, 6.45) is 3.47. The molecule has 0 atom stereocenters. The third-order valence-corrected chi connectivity index (χ3v) is 1.43. The van der Waals surface area contributed by atoms with Crippen LogP contribution in [0.1, 0.15) is 0 Å². The number of aromatic nitrogens is 4. The summed E-state index contributed by atoms with van der Waals surface area (Å²) in [5.74, 6) is 0.606. The normalized spacial score (nSPS) is 10.5. The molecule has 0 aliphatic carbocycles. The molecule has 0 spiro atoms. The van der Waals surface area contributed by atoms with E-state index in [2.05, 4.69) is 31.0 Å². The first-order valence-electron chi connectivity index (χ1n) is 2.69. The highest BCUT2D eigenvalue weighted by Gasteiger charge is 1.96. The van der Waals surface area contributed by atoms with Crippen molar-refractivity contribution in [1.82, 2.24) is 19.6 Å². The molecule has 0 unspecified atom stereocenters. The number of fused-ring (bicyclic) bond motifs is 1. The van der Waals surface area contributed by atoms with E-state index in [0.29, 0.717) is 10.5 Å². The van der Waals surface area contributed by atoms with Crippen LogP contribution in [0.4, 0.5) is 0 Å². The molecule has 0 fully saturated rings. The average Bonchev–Trinajstić information content (AvgIpc) is 2.27. The maximum absolute atomic E-state index is 3.97. The van der Waals surface area contributed by atoms with Crippen LogP contribution >= 0.6 is 15.9 Å². The standard InChI is InChI=1S/C5H3BrN4/c6-4-8-5-7-2-1-3-10(5)9-4/h1-3H. The van der Waals surface area contributed by atoms with Crippen molar-refractivity contribution in [2.24, 2.45) is 0 Å². The lowest BCUT2D eigenvalue weighted by Crippen LogP contribution is -1.86.